The van der Waals surface area contributed by atoms with E-state index >= 15 is 0 Å². The van der Waals surface area contributed by atoms with Gasteiger partial charge in [-0.15, -0.1) is 11.3 Å². The molecule has 2 rings (SSSR count). The molecule has 0 aliphatic carbocycles. The first-order valence-corrected chi connectivity index (χ1v) is 8.49. The highest BCUT2D eigenvalue weighted by Gasteiger charge is 2.22. The van der Waals surface area contributed by atoms with Crippen LogP contribution in [0.2, 0.25) is 0 Å². The van der Waals surface area contributed by atoms with Gasteiger partial charge in [0.2, 0.25) is 0 Å². The molecule has 1 atom stereocenters. The van der Waals surface area contributed by atoms with Crippen molar-refractivity contribution in [2.75, 3.05) is 13.1 Å². The van der Waals surface area contributed by atoms with Crippen molar-refractivity contribution in [1.82, 2.24) is 4.90 Å². The summed E-state index contributed by atoms with van der Waals surface area (Å²) in [6.07, 6.45) is 5.13. The van der Waals surface area contributed by atoms with E-state index in [-0.39, 0.29) is 0 Å². The molecule has 0 radical (unpaired) electrons. The van der Waals surface area contributed by atoms with Crippen LogP contribution in [0.4, 0.5) is 0 Å². The molecule has 1 aliphatic heterocycles. The first-order chi connectivity index (χ1) is 8.20. The number of halogens is 2. The third kappa shape index (κ3) is 3.77. The van der Waals surface area contributed by atoms with Gasteiger partial charge in [-0.2, -0.15) is 0 Å². The smallest absolute Gasteiger partial charge is 0.0843 e. The van der Waals surface area contributed by atoms with Gasteiger partial charge in [0.05, 0.1) is 3.79 Å². The Morgan fingerprint density at radius 2 is 2.24 bits per heavy atom. The van der Waals surface area contributed by atoms with Crippen molar-refractivity contribution < 1.29 is 0 Å². The van der Waals surface area contributed by atoms with E-state index < -0.39 is 0 Å². The van der Waals surface area contributed by atoms with Crippen LogP contribution in [-0.2, 0) is 6.54 Å². The molecule has 1 saturated heterocycles. The summed E-state index contributed by atoms with van der Waals surface area (Å²) >= 11 is 8.94. The molecule has 1 unspecified atom stereocenters. The third-order valence-corrected chi connectivity index (χ3v) is 6.55. The van der Waals surface area contributed by atoms with Crippen LogP contribution in [0.1, 0.15) is 30.6 Å². The minimum atomic E-state index is 0.688. The molecule has 0 saturated carbocycles. The van der Waals surface area contributed by atoms with Gasteiger partial charge in [-0.05, 0) is 70.3 Å². The van der Waals surface area contributed by atoms with Crippen LogP contribution in [0.3, 0.4) is 0 Å². The molecule has 0 aromatic carbocycles. The van der Waals surface area contributed by atoms with Crippen LogP contribution in [0.5, 0.6) is 0 Å². The summed E-state index contributed by atoms with van der Waals surface area (Å²) in [5.74, 6) is 0. The minimum absolute atomic E-state index is 0.688. The molecule has 2 heterocycles. The van der Waals surface area contributed by atoms with Crippen molar-refractivity contribution in [2.45, 2.75) is 38.3 Å². The van der Waals surface area contributed by atoms with E-state index in [1.807, 2.05) is 11.3 Å². The van der Waals surface area contributed by atoms with E-state index in [1.54, 1.807) is 0 Å². The van der Waals surface area contributed by atoms with Gasteiger partial charge in [0.15, 0.2) is 0 Å². The highest BCUT2D eigenvalue weighted by molar-refractivity contribution is 9.13. The van der Waals surface area contributed by atoms with Gasteiger partial charge < -0.3 is 5.73 Å². The molecule has 1 fully saturated rings. The Labute approximate surface area is 124 Å². The van der Waals surface area contributed by atoms with E-state index in [9.17, 15) is 0 Å². The Morgan fingerprint density at radius 3 is 2.88 bits per heavy atom. The van der Waals surface area contributed by atoms with E-state index in [0.717, 1.165) is 19.5 Å². The molecule has 2 N–H and O–H groups in total. The Morgan fingerprint density at radius 1 is 1.41 bits per heavy atom. The summed E-state index contributed by atoms with van der Waals surface area (Å²) in [6.45, 7) is 3.09. The molecule has 0 bridgehead atoms. The lowest BCUT2D eigenvalue weighted by Crippen LogP contribution is -2.39. The first-order valence-electron chi connectivity index (χ1n) is 6.08. The summed E-state index contributed by atoms with van der Waals surface area (Å²) in [5.41, 5.74) is 5.70. The lowest BCUT2D eigenvalue weighted by atomic mass is 9.99. The van der Waals surface area contributed by atoms with Gasteiger partial charge in [0.25, 0.3) is 0 Å². The average molecular weight is 382 g/mol. The second kappa shape index (κ2) is 6.66. The van der Waals surface area contributed by atoms with E-state index in [2.05, 4.69) is 42.8 Å². The minimum Gasteiger partial charge on any atom is -0.330 e. The maximum Gasteiger partial charge on any atom is 0.0843 e. The Bertz CT molecular complexity index is 346. The fraction of sp³-hybridized carbons (Fsp3) is 0.667. The quantitative estimate of drug-likeness (QED) is 0.854. The summed E-state index contributed by atoms with van der Waals surface area (Å²) in [4.78, 5) is 4.02. The maximum atomic E-state index is 5.70. The molecule has 1 aliphatic rings. The number of hydrogen-bond donors (Lipinski definition) is 1. The van der Waals surface area contributed by atoms with Crippen LogP contribution in [0, 0.1) is 0 Å². The van der Waals surface area contributed by atoms with Crippen LogP contribution in [0.25, 0.3) is 0 Å². The average Bonchev–Trinajstić information content (AvgIpc) is 2.61. The second-order valence-electron chi connectivity index (χ2n) is 4.53. The third-order valence-electron chi connectivity index (χ3n) is 3.30. The normalized spacial score (nSPS) is 21.9. The molecule has 1 aromatic heterocycles. The van der Waals surface area contributed by atoms with E-state index in [0.29, 0.717) is 6.04 Å². The van der Waals surface area contributed by atoms with Gasteiger partial charge in [-0.1, -0.05) is 6.42 Å². The zero-order valence-electron chi connectivity index (χ0n) is 9.79. The predicted molar refractivity (Wildman–Crippen MR) is 81.4 cm³/mol. The lowest BCUT2D eigenvalue weighted by Gasteiger charge is -2.35. The Kier molecular flexibility index (Phi) is 5.49. The number of thiophene rings is 1. The van der Waals surface area contributed by atoms with E-state index in [4.69, 9.17) is 5.73 Å². The number of nitrogens with zero attached hydrogens (tertiary/aromatic N) is 1. The zero-order valence-corrected chi connectivity index (χ0v) is 13.8. The van der Waals surface area contributed by atoms with E-state index in [1.165, 1.54) is 38.9 Å². The number of nitrogens with two attached hydrogens (primary N) is 1. The maximum absolute atomic E-state index is 5.70. The highest BCUT2D eigenvalue weighted by atomic mass is 79.9. The fourth-order valence-electron chi connectivity index (χ4n) is 2.46. The van der Waals surface area contributed by atoms with Crippen molar-refractivity contribution in [3.05, 3.63) is 19.2 Å². The molecule has 2 nitrogen and oxygen atoms in total. The molecule has 0 amide bonds. The lowest BCUT2D eigenvalue weighted by molar-refractivity contribution is 0.135. The predicted octanol–water partition coefficient (Wildman–Crippen LogP) is 3.98. The number of likely N-dealkylation sites (tertiary alicyclic amines) is 1. The van der Waals surface area contributed by atoms with Crippen LogP contribution < -0.4 is 5.73 Å². The molecular formula is C12H18Br2N2S. The molecule has 5 heteroatoms. The summed E-state index contributed by atoms with van der Waals surface area (Å²) in [5, 5.41) is 0. The Balaban J connectivity index is 2.00. The summed E-state index contributed by atoms with van der Waals surface area (Å²) < 4.78 is 2.37. The first kappa shape index (κ1) is 14.0. The van der Waals surface area contributed by atoms with Crippen LogP contribution in [-0.4, -0.2) is 24.0 Å². The largest absolute Gasteiger partial charge is 0.330 e. The van der Waals surface area contributed by atoms with Crippen molar-refractivity contribution in [2.24, 2.45) is 5.73 Å². The molecular weight excluding hydrogens is 364 g/mol. The topological polar surface area (TPSA) is 29.3 Å². The van der Waals surface area contributed by atoms with Crippen molar-refractivity contribution in [1.29, 1.82) is 0 Å². The van der Waals surface area contributed by atoms with Gasteiger partial charge in [0.1, 0.15) is 0 Å². The number of hydrogen-bond acceptors (Lipinski definition) is 3. The fourth-order valence-corrected chi connectivity index (χ4v) is 4.66. The highest BCUT2D eigenvalue weighted by Crippen LogP contribution is 2.34. The molecule has 0 spiro atoms. The van der Waals surface area contributed by atoms with Gasteiger partial charge in [0, 0.05) is 21.9 Å². The van der Waals surface area contributed by atoms with Crippen LogP contribution >= 0.6 is 43.2 Å². The molecule has 17 heavy (non-hydrogen) atoms. The Hall–Kier alpha value is 0.580. The van der Waals surface area contributed by atoms with Gasteiger partial charge >= 0.3 is 0 Å². The van der Waals surface area contributed by atoms with Gasteiger partial charge in [-0.3, -0.25) is 4.90 Å². The molecule has 96 valence electrons. The second-order valence-corrected chi connectivity index (χ2v) is 7.84. The monoisotopic (exact) mass is 380 g/mol. The number of rotatable bonds is 4. The standard InChI is InChI=1S/C12H18Br2N2S/c13-11-7-10(17-12(11)14)8-16-6-2-1-3-9(16)4-5-15/h7,9H,1-6,8,15H2. The van der Waals surface area contributed by atoms with Crippen LogP contribution in [0.15, 0.2) is 14.3 Å². The summed E-state index contributed by atoms with van der Waals surface area (Å²) in [6, 6.07) is 2.91. The van der Waals surface area contributed by atoms with Crippen molar-refractivity contribution in [3.63, 3.8) is 0 Å². The summed E-state index contributed by atoms with van der Waals surface area (Å²) in [7, 11) is 0. The molecule has 1 aromatic rings. The van der Waals surface area contributed by atoms with Crippen molar-refractivity contribution >= 4 is 43.2 Å². The number of piperidine rings is 1. The SMILES string of the molecule is NCCC1CCCCN1Cc1cc(Br)c(Br)s1. The zero-order chi connectivity index (χ0) is 12.3. The van der Waals surface area contributed by atoms with Gasteiger partial charge in [-0.25, -0.2) is 0 Å². The van der Waals surface area contributed by atoms with Crippen molar-refractivity contribution in [3.8, 4) is 0 Å².